The fourth-order valence-electron chi connectivity index (χ4n) is 1.99. The van der Waals surface area contributed by atoms with E-state index in [1.165, 1.54) is 17.0 Å². The van der Waals surface area contributed by atoms with Crippen LogP contribution in [0.1, 0.15) is 11.1 Å². The smallest absolute Gasteiger partial charge is 0.269 e. The number of nitrogens with zero attached hydrogens (tertiary/aromatic N) is 2. The Balaban J connectivity index is 2.44. The standard InChI is InChI=1S/C17H16N2O3/c1-18(2)17(20)16(14-6-4-3-5-7-14)12-13-8-10-15(11-9-13)19(21)22/h3-12H,1-2H3/b16-12+. The molecule has 0 aliphatic rings. The Labute approximate surface area is 128 Å². The van der Waals surface area contributed by atoms with E-state index in [2.05, 4.69) is 0 Å². The van der Waals surface area contributed by atoms with Crippen LogP contribution in [0, 0.1) is 10.1 Å². The Kier molecular flexibility index (Phi) is 4.68. The maximum absolute atomic E-state index is 12.4. The van der Waals surface area contributed by atoms with Gasteiger partial charge < -0.3 is 4.90 Å². The third-order valence-electron chi connectivity index (χ3n) is 3.14. The second-order valence-electron chi connectivity index (χ2n) is 4.97. The van der Waals surface area contributed by atoms with Crippen LogP contribution in [0.5, 0.6) is 0 Å². The van der Waals surface area contributed by atoms with Crippen molar-refractivity contribution < 1.29 is 9.72 Å². The molecule has 0 fully saturated rings. The lowest BCUT2D eigenvalue weighted by Gasteiger charge is -2.14. The summed E-state index contributed by atoms with van der Waals surface area (Å²) in [6, 6.07) is 15.4. The summed E-state index contributed by atoms with van der Waals surface area (Å²) in [6.07, 6.45) is 1.74. The van der Waals surface area contributed by atoms with Gasteiger partial charge >= 0.3 is 0 Å². The first-order chi connectivity index (χ1) is 10.5. The van der Waals surface area contributed by atoms with Crippen LogP contribution in [0.25, 0.3) is 11.6 Å². The fraction of sp³-hybridized carbons (Fsp3) is 0.118. The fourth-order valence-corrected chi connectivity index (χ4v) is 1.99. The van der Waals surface area contributed by atoms with E-state index in [9.17, 15) is 14.9 Å². The van der Waals surface area contributed by atoms with E-state index in [1.807, 2.05) is 30.3 Å². The summed E-state index contributed by atoms with van der Waals surface area (Å²) in [5.41, 5.74) is 2.11. The molecule has 0 heterocycles. The molecule has 22 heavy (non-hydrogen) atoms. The van der Waals surface area contributed by atoms with Gasteiger partial charge in [0, 0.05) is 31.8 Å². The quantitative estimate of drug-likeness (QED) is 0.376. The van der Waals surface area contributed by atoms with E-state index in [4.69, 9.17) is 0 Å². The van der Waals surface area contributed by atoms with E-state index in [0.717, 1.165) is 11.1 Å². The molecule has 112 valence electrons. The van der Waals surface area contributed by atoms with Crippen molar-refractivity contribution in [3.8, 4) is 0 Å². The normalized spacial score (nSPS) is 11.1. The molecular formula is C17H16N2O3. The number of rotatable bonds is 4. The Hall–Kier alpha value is -2.95. The van der Waals surface area contributed by atoms with Crippen LogP contribution in [0.3, 0.4) is 0 Å². The van der Waals surface area contributed by atoms with Crippen molar-refractivity contribution in [2.24, 2.45) is 0 Å². The Morgan fingerprint density at radius 3 is 2.14 bits per heavy atom. The van der Waals surface area contributed by atoms with Gasteiger partial charge in [-0.3, -0.25) is 14.9 Å². The lowest BCUT2D eigenvalue weighted by molar-refractivity contribution is -0.384. The molecule has 0 aliphatic carbocycles. The Bertz CT molecular complexity index is 704. The molecule has 0 atom stereocenters. The average molecular weight is 296 g/mol. The van der Waals surface area contributed by atoms with Crippen LogP contribution in [0.4, 0.5) is 5.69 Å². The summed E-state index contributed by atoms with van der Waals surface area (Å²) in [4.78, 5) is 24.1. The molecule has 0 aromatic heterocycles. The highest BCUT2D eigenvalue weighted by Crippen LogP contribution is 2.21. The summed E-state index contributed by atoms with van der Waals surface area (Å²) < 4.78 is 0. The van der Waals surface area contributed by atoms with E-state index in [0.29, 0.717) is 5.57 Å². The molecule has 0 N–H and O–H groups in total. The largest absolute Gasteiger partial charge is 0.345 e. The molecule has 0 unspecified atom stereocenters. The van der Waals surface area contributed by atoms with E-state index in [-0.39, 0.29) is 11.6 Å². The molecule has 0 saturated heterocycles. The van der Waals surface area contributed by atoms with E-state index < -0.39 is 4.92 Å². The first-order valence-corrected chi connectivity index (χ1v) is 6.72. The molecule has 5 nitrogen and oxygen atoms in total. The maximum Gasteiger partial charge on any atom is 0.269 e. The number of benzene rings is 2. The van der Waals surface area contributed by atoms with Gasteiger partial charge in [-0.15, -0.1) is 0 Å². The number of carbonyl (C=O) groups excluding carboxylic acids is 1. The molecule has 5 heteroatoms. The predicted octanol–water partition coefficient (Wildman–Crippen LogP) is 3.22. The SMILES string of the molecule is CN(C)C(=O)/C(=C/c1ccc([N+](=O)[O-])cc1)c1ccccc1. The summed E-state index contributed by atoms with van der Waals surface area (Å²) in [5.74, 6) is -0.121. The third kappa shape index (κ3) is 3.58. The first kappa shape index (κ1) is 15.4. The highest BCUT2D eigenvalue weighted by Gasteiger charge is 2.14. The number of nitro benzene ring substituents is 1. The number of likely N-dealkylation sites (N-methyl/N-ethyl adjacent to an activating group) is 1. The lowest BCUT2D eigenvalue weighted by Crippen LogP contribution is -2.22. The van der Waals surface area contributed by atoms with Crippen LogP contribution in [-0.2, 0) is 4.79 Å². The molecule has 0 aliphatic heterocycles. The summed E-state index contributed by atoms with van der Waals surface area (Å²) in [5, 5.41) is 10.7. The van der Waals surface area contributed by atoms with Crippen molar-refractivity contribution in [2.45, 2.75) is 0 Å². The summed E-state index contributed by atoms with van der Waals surface area (Å²) >= 11 is 0. The van der Waals surface area contributed by atoms with Gasteiger partial charge in [-0.05, 0) is 29.3 Å². The molecule has 0 radical (unpaired) electrons. The van der Waals surface area contributed by atoms with Gasteiger partial charge in [-0.25, -0.2) is 0 Å². The minimum Gasteiger partial charge on any atom is -0.345 e. The minimum absolute atomic E-state index is 0.0253. The monoisotopic (exact) mass is 296 g/mol. The third-order valence-corrected chi connectivity index (χ3v) is 3.14. The topological polar surface area (TPSA) is 63.5 Å². The van der Waals surface area contributed by atoms with Crippen LogP contribution in [0.2, 0.25) is 0 Å². The zero-order valence-corrected chi connectivity index (χ0v) is 12.4. The second-order valence-corrected chi connectivity index (χ2v) is 4.97. The summed E-state index contributed by atoms with van der Waals surface area (Å²) in [7, 11) is 3.38. The molecule has 0 saturated carbocycles. The van der Waals surface area contributed by atoms with Gasteiger partial charge in [-0.1, -0.05) is 30.3 Å². The minimum atomic E-state index is -0.448. The van der Waals surface area contributed by atoms with Crippen LogP contribution >= 0.6 is 0 Å². The zero-order valence-electron chi connectivity index (χ0n) is 12.4. The van der Waals surface area contributed by atoms with Gasteiger partial charge in [0.25, 0.3) is 11.6 Å². The maximum atomic E-state index is 12.4. The number of carbonyl (C=O) groups is 1. The zero-order chi connectivity index (χ0) is 16.1. The van der Waals surface area contributed by atoms with Crippen molar-refractivity contribution in [3.63, 3.8) is 0 Å². The van der Waals surface area contributed by atoms with Crippen molar-refractivity contribution in [1.82, 2.24) is 4.90 Å². The molecule has 2 rings (SSSR count). The first-order valence-electron chi connectivity index (χ1n) is 6.72. The van der Waals surface area contributed by atoms with Crippen LogP contribution in [-0.4, -0.2) is 29.8 Å². The number of amides is 1. The van der Waals surface area contributed by atoms with Crippen LogP contribution in [0.15, 0.2) is 54.6 Å². The number of non-ortho nitro benzene ring substituents is 1. The highest BCUT2D eigenvalue weighted by atomic mass is 16.6. The lowest BCUT2D eigenvalue weighted by atomic mass is 10.0. The van der Waals surface area contributed by atoms with Crippen molar-refractivity contribution in [3.05, 3.63) is 75.8 Å². The van der Waals surface area contributed by atoms with E-state index in [1.54, 1.807) is 32.3 Å². The van der Waals surface area contributed by atoms with Gasteiger partial charge in [0.1, 0.15) is 0 Å². The predicted molar refractivity (Wildman–Crippen MR) is 86.1 cm³/mol. The highest BCUT2D eigenvalue weighted by molar-refractivity contribution is 6.24. The van der Waals surface area contributed by atoms with Crippen molar-refractivity contribution >= 4 is 23.2 Å². The molecule has 2 aromatic rings. The van der Waals surface area contributed by atoms with Gasteiger partial charge in [0.2, 0.25) is 0 Å². The van der Waals surface area contributed by atoms with Gasteiger partial charge in [0.05, 0.1) is 4.92 Å². The Morgan fingerprint density at radius 2 is 1.64 bits per heavy atom. The van der Waals surface area contributed by atoms with E-state index >= 15 is 0 Å². The number of nitro groups is 1. The molecule has 0 spiro atoms. The molecular weight excluding hydrogens is 280 g/mol. The molecule has 1 amide bonds. The van der Waals surface area contributed by atoms with Crippen LogP contribution < -0.4 is 0 Å². The molecule has 2 aromatic carbocycles. The average Bonchev–Trinajstić information content (AvgIpc) is 2.53. The Morgan fingerprint density at radius 1 is 1.05 bits per heavy atom. The molecule has 0 bridgehead atoms. The number of hydrogen-bond acceptors (Lipinski definition) is 3. The van der Waals surface area contributed by atoms with Gasteiger partial charge in [-0.2, -0.15) is 0 Å². The van der Waals surface area contributed by atoms with Crippen molar-refractivity contribution in [1.29, 1.82) is 0 Å². The van der Waals surface area contributed by atoms with Gasteiger partial charge in [0.15, 0.2) is 0 Å². The second kappa shape index (κ2) is 6.67. The summed E-state index contributed by atoms with van der Waals surface area (Å²) in [6.45, 7) is 0. The van der Waals surface area contributed by atoms with Crippen molar-refractivity contribution in [2.75, 3.05) is 14.1 Å². The number of hydrogen-bond donors (Lipinski definition) is 0.